The van der Waals surface area contributed by atoms with Crippen molar-refractivity contribution in [2.45, 2.75) is 16.2 Å². The van der Waals surface area contributed by atoms with Crippen molar-refractivity contribution in [2.24, 2.45) is 0 Å². The molecule has 66 valence electrons. The minimum absolute atomic E-state index is 0.729. The van der Waals surface area contributed by atoms with Gasteiger partial charge >= 0.3 is 0 Å². The molecule has 1 nitrogen and oxygen atoms in total. The first kappa shape index (κ1) is 8.93. The summed E-state index contributed by atoms with van der Waals surface area (Å²) in [7, 11) is 0. The molecule has 0 amide bonds. The Hall–Kier alpha value is -0.650. The topological polar surface area (TPSA) is 23.8 Å². The van der Waals surface area contributed by atoms with Gasteiger partial charge in [0, 0.05) is 16.2 Å². The normalized spacial score (nSPS) is 26.2. The molecule has 13 heavy (non-hydrogen) atoms. The van der Waals surface area contributed by atoms with Gasteiger partial charge in [0.25, 0.3) is 0 Å². The van der Waals surface area contributed by atoms with Crippen molar-refractivity contribution in [3.63, 3.8) is 0 Å². The molecule has 0 aromatic heterocycles. The van der Waals surface area contributed by atoms with E-state index in [9.17, 15) is 0 Å². The van der Waals surface area contributed by atoms with E-state index in [4.69, 9.17) is 16.9 Å². The summed E-state index contributed by atoms with van der Waals surface area (Å²) >= 11 is 7.99. The van der Waals surface area contributed by atoms with E-state index in [2.05, 4.69) is 6.07 Å². The molecule has 0 spiro atoms. The van der Waals surface area contributed by atoms with Crippen molar-refractivity contribution in [1.29, 1.82) is 5.26 Å². The molecule has 0 bridgehead atoms. The third-order valence-corrected chi connectivity index (χ3v) is 3.75. The maximum atomic E-state index is 9.01. The number of halogens is 1. The molecular weight excluding hydrogens is 202 g/mol. The van der Waals surface area contributed by atoms with Crippen molar-refractivity contribution in [1.82, 2.24) is 0 Å². The lowest BCUT2D eigenvalue weighted by atomic mass is 9.96. The van der Waals surface area contributed by atoms with Crippen LogP contribution in [0.2, 0.25) is 0 Å². The van der Waals surface area contributed by atoms with Gasteiger partial charge in [-0.2, -0.15) is 5.26 Å². The largest absolute Gasteiger partial charge is 0.196 e. The molecule has 0 saturated carbocycles. The van der Waals surface area contributed by atoms with Crippen LogP contribution in [0.1, 0.15) is 12.0 Å². The highest BCUT2D eigenvalue weighted by Gasteiger charge is 2.34. The lowest BCUT2D eigenvalue weighted by Crippen LogP contribution is -2.21. The van der Waals surface area contributed by atoms with Gasteiger partial charge in [-0.15, -0.1) is 11.8 Å². The number of thioether (sulfide) groups is 1. The maximum Gasteiger partial charge on any atom is 0.157 e. The Morgan fingerprint density at radius 2 is 2.23 bits per heavy atom. The average Bonchev–Trinajstić information content (AvgIpc) is 2.19. The van der Waals surface area contributed by atoms with E-state index < -0.39 is 4.87 Å². The molecule has 0 N–H and O–H groups in total. The van der Waals surface area contributed by atoms with E-state index in [1.165, 1.54) is 0 Å². The van der Waals surface area contributed by atoms with Crippen molar-refractivity contribution < 1.29 is 0 Å². The highest BCUT2D eigenvalue weighted by atomic mass is 35.5. The number of hydrogen-bond donors (Lipinski definition) is 0. The highest BCUT2D eigenvalue weighted by molar-refractivity contribution is 7.99. The second-order valence-electron chi connectivity index (χ2n) is 3.01. The van der Waals surface area contributed by atoms with E-state index in [0.29, 0.717) is 0 Å². The molecule has 1 aliphatic rings. The smallest absolute Gasteiger partial charge is 0.157 e. The first-order chi connectivity index (χ1) is 6.26. The molecule has 1 atom stereocenters. The molecule has 1 aromatic carbocycles. The highest BCUT2D eigenvalue weighted by Crippen LogP contribution is 2.43. The van der Waals surface area contributed by atoms with E-state index in [1.54, 1.807) is 11.8 Å². The van der Waals surface area contributed by atoms with Gasteiger partial charge in [0.1, 0.15) is 0 Å². The standard InChI is InChI=1S/C10H8ClNS/c11-10(7-12)5-6-13-9-4-2-1-3-8(9)10/h1-4H,5-6H2. The number of nitrogens with zero attached hydrogens (tertiary/aromatic N) is 1. The average molecular weight is 210 g/mol. The molecule has 1 aromatic rings. The van der Waals surface area contributed by atoms with E-state index in [0.717, 1.165) is 22.6 Å². The van der Waals surface area contributed by atoms with Gasteiger partial charge in [0.05, 0.1) is 6.07 Å². The predicted molar refractivity (Wildman–Crippen MR) is 54.9 cm³/mol. The minimum atomic E-state index is -0.790. The van der Waals surface area contributed by atoms with Crippen LogP contribution in [0.25, 0.3) is 0 Å². The Kier molecular flexibility index (Phi) is 2.23. The lowest BCUT2D eigenvalue weighted by molar-refractivity contribution is 0.716. The molecule has 1 heterocycles. The van der Waals surface area contributed by atoms with Gasteiger partial charge in [-0.1, -0.05) is 29.8 Å². The Morgan fingerprint density at radius 1 is 1.46 bits per heavy atom. The van der Waals surface area contributed by atoms with Crippen LogP contribution in [-0.2, 0) is 4.87 Å². The van der Waals surface area contributed by atoms with Gasteiger partial charge in [-0.3, -0.25) is 0 Å². The lowest BCUT2D eigenvalue weighted by Gasteiger charge is -2.26. The summed E-state index contributed by atoms with van der Waals surface area (Å²) < 4.78 is 0. The summed E-state index contributed by atoms with van der Waals surface area (Å²) in [5.74, 6) is 0.925. The quantitative estimate of drug-likeness (QED) is 0.613. The van der Waals surface area contributed by atoms with Crippen LogP contribution in [0.3, 0.4) is 0 Å². The van der Waals surface area contributed by atoms with Gasteiger partial charge < -0.3 is 0 Å². The molecule has 1 unspecified atom stereocenters. The molecule has 0 aliphatic carbocycles. The Labute approximate surface area is 86.7 Å². The van der Waals surface area contributed by atoms with Gasteiger partial charge in [-0.25, -0.2) is 0 Å². The van der Waals surface area contributed by atoms with Gasteiger partial charge in [0.15, 0.2) is 4.87 Å². The van der Waals surface area contributed by atoms with E-state index in [1.807, 2.05) is 24.3 Å². The van der Waals surface area contributed by atoms with Crippen molar-refractivity contribution in [3.05, 3.63) is 29.8 Å². The number of alkyl halides is 1. The number of rotatable bonds is 0. The number of fused-ring (bicyclic) bond motifs is 1. The van der Waals surface area contributed by atoms with Crippen LogP contribution < -0.4 is 0 Å². The molecule has 0 radical (unpaired) electrons. The van der Waals surface area contributed by atoms with Gasteiger partial charge in [-0.05, 0) is 12.5 Å². The predicted octanol–water partition coefficient (Wildman–Crippen LogP) is 3.14. The molecule has 2 rings (SSSR count). The van der Waals surface area contributed by atoms with Gasteiger partial charge in [0.2, 0.25) is 0 Å². The molecule has 0 saturated heterocycles. The third kappa shape index (κ3) is 1.43. The van der Waals surface area contributed by atoms with Crippen LogP contribution in [0, 0.1) is 11.3 Å². The first-order valence-corrected chi connectivity index (χ1v) is 5.45. The second kappa shape index (κ2) is 3.25. The summed E-state index contributed by atoms with van der Waals surface area (Å²) in [6.45, 7) is 0. The fourth-order valence-electron chi connectivity index (χ4n) is 1.47. The summed E-state index contributed by atoms with van der Waals surface area (Å²) in [5, 5.41) is 9.01. The van der Waals surface area contributed by atoms with Crippen LogP contribution in [-0.4, -0.2) is 5.75 Å². The number of benzene rings is 1. The zero-order valence-corrected chi connectivity index (χ0v) is 8.53. The molecule has 3 heteroatoms. The van der Waals surface area contributed by atoms with Crippen LogP contribution in [0.4, 0.5) is 0 Å². The zero-order chi connectivity index (χ0) is 9.31. The molecular formula is C10H8ClNS. The SMILES string of the molecule is N#CC1(Cl)CCSc2ccccc21. The fraction of sp³-hybridized carbons (Fsp3) is 0.300. The maximum absolute atomic E-state index is 9.01. The van der Waals surface area contributed by atoms with Crippen LogP contribution in [0.15, 0.2) is 29.2 Å². The Balaban J connectivity index is 2.56. The number of nitriles is 1. The monoisotopic (exact) mass is 209 g/mol. The summed E-state index contributed by atoms with van der Waals surface area (Å²) in [6, 6.07) is 10.1. The van der Waals surface area contributed by atoms with E-state index >= 15 is 0 Å². The number of hydrogen-bond acceptors (Lipinski definition) is 2. The van der Waals surface area contributed by atoms with Crippen LogP contribution >= 0.6 is 23.4 Å². The fourth-order valence-corrected chi connectivity index (χ4v) is 3.10. The van der Waals surface area contributed by atoms with Crippen molar-refractivity contribution >= 4 is 23.4 Å². The minimum Gasteiger partial charge on any atom is -0.196 e. The molecule has 0 fully saturated rings. The Bertz CT molecular complexity index is 371. The second-order valence-corrected chi connectivity index (χ2v) is 4.79. The summed E-state index contributed by atoms with van der Waals surface area (Å²) in [5.41, 5.74) is 0.968. The summed E-state index contributed by atoms with van der Waals surface area (Å²) in [6.07, 6.45) is 0.729. The van der Waals surface area contributed by atoms with E-state index in [-0.39, 0.29) is 0 Å². The third-order valence-electron chi connectivity index (χ3n) is 2.20. The van der Waals surface area contributed by atoms with Crippen LogP contribution in [0.5, 0.6) is 0 Å². The van der Waals surface area contributed by atoms with Crippen molar-refractivity contribution in [3.8, 4) is 6.07 Å². The first-order valence-electron chi connectivity index (χ1n) is 4.09. The Morgan fingerprint density at radius 3 is 3.00 bits per heavy atom. The zero-order valence-electron chi connectivity index (χ0n) is 6.96. The summed E-state index contributed by atoms with van der Waals surface area (Å²) in [4.78, 5) is 0.354. The van der Waals surface area contributed by atoms with Crippen molar-refractivity contribution in [2.75, 3.05) is 5.75 Å². The molecule has 1 aliphatic heterocycles.